The fourth-order valence-electron chi connectivity index (χ4n) is 2.69. The Labute approximate surface area is 114 Å². The van der Waals surface area contributed by atoms with Gasteiger partial charge in [-0.1, -0.05) is 18.9 Å². The number of hydrogen-bond acceptors (Lipinski definition) is 3. The molecule has 104 valence electrons. The Morgan fingerprint density at radius 3 is 2.79 bits per heavy atom. The number of carbonyl (C=O) groups is 1. The maximum Gasteiger partial charge on any atom is 0.222 e. The highest BCUT2D eigenvalue weighted by atomic mass is 16.3. The first kappa shape index (κ1) is 14.0. The second-order valence-electron chi connectivity index (χ2n) is 5.50. The number of aryl methyl sites for hydroxylation is 1. The first-order valence-electron chi connectivity index (χ1n) is 6.95. The molecule has 1 N–H and O–H groups in total. The van der Waals surface area contributed by atoms with Gasteiger partial charge in [-0.2, -0.15) is 0 Å². The van der Waals surface area contributed by atoms with Crippen LogP contribution in [0.5, 0.6) is 0 Å². The number of aromatic nitrogens is 1. The molecule has 1 aromatic heterocycles. The lowest BCUT2D eigenvalue weighted by Gasteiger charge is -2.28. The number of nitrogens with zero attached hydrogens (tertiary/aromatic N) is 2. The second kappa shape index (κ2) is 6.15. The Kier molecular flexibility index (Phi) is 4.53. The molecule has 4 heteroatoms. The summed E-state index contributed by atoms with van der Waals surface area (Å²) in [7, 11) is 1.77. The molecule has 1 fully saturated rings. The van der Waals surface area contributed by atoms with E-state index in [1.54, 1.807) is 18.1 Å². The van der Waals surface area contributed by atoms with Gasteiger partial charge in [0.15, 0.2) is 0 Å². The van der Waals surface area contributed by atoms with Gasteiger partial charge in [-0.3, -0.25) is 9.78 Å². The van der Waals surface area contributed by atoms with E-state index >= 15 is 0 Å². The number of amides is 1. The third-order valence-corrected chi connectivity index (χ3v) is 3.81. The number of pyridine rings is 1. The Balaban J connectivity index is 1.79. The van der Waals surface area contributed by atoms with Crippen molar-refractivity contribution in [2.75, 3.05) is 13.6 Å². The van der Waals surface area contributed by atoms with Gasteiger partial charge in [0, 0.05) is 31.9 Å². The summed E-state index contributed by atoms with van der Waals surface area (Å²) in [5.74, 6) is 0.0750. The van der Waals surface area contributed by atoms with Gasteiger partial charge in [0.2, 0.25) is 5.91 Å². The van der Waals surface area contributed by atoms with E-state index in [0.29, 0.717) is 19.4 Å². The molecule has 0 unspecified atom stereocenters. The van der Waals surface area contributed by atoms with Crippen LogP contribution in [0.25, 0.3) is 0 Å². The van der Waals surface area contributed by atoms with Crippen LogP contribution in [0, 0.1) is 0 Å². The first-order chi connectivity index (χ1) is 9.09. The van der Waals surface area contributed by atoms with Gasteiger partial charge in [0.25, 0.3) is 0 Å². The van der Waals surface area contributed by atoms with Gasteiger partial charge in [0.05, 0.1) is 5.60 Å². The van der Waals surface area contributed by atoms with Crippen molar-refractivity contribution in [3.8, 4) is 0 Å². The third kappa shape index (κ3) is 4.03. The fourth-order valence-corrected chi connectivity index (χ4v) is 2.69. The number of carbonyl (C=O) groups excluding carboxylic acids is 1. The van der Waals surface area contributed by atoms with Crippen molar-refractivity contribution in [3.63, 3.8) is 0 Å². The number of likely N-dealkylation sites (N-methyl/N-ethyl adjacent to an activating group) is 1. The van der Waals surface area contributed by atoms with Crippen LogP contribution in [0.3, 0.4) is 0 Å². The van der Waals surface area contributed by atoms with Gasteiger partial charge in [0.1, 0.15) is 0 Å². The number of hydrogen-bond donors (Lipinski definition) is 1. The molecule has 1 saturated carbocycles. The van der Waals surface area contributed by atoms with E-state index in [0.717, 1.165) is 31.4 Å². The van der Waals surface area contributed by atoms with Crippen molar-refractivity contribution in [3.05, 3.63) is 30.1 Å². The van der Waals surface area contributed by atoms with Gasteiger partial charge < -0.3 is 10.0 Å². The molecule has 0 aliphatic heterocycles. The summed E-state index contributed by atoms with van der Waals surface area (Å²) in [5, 5.41) is 10.3. The molecule has 1 aliphatic rings. The molecule has 19 heavy (non-hydrogen) atoms. The summed E-state index contributed by atoms with van der Waals surface area (Å²) in [4.78, 5) is 17.9. The first-order valence-corrected chi connectivity index (χ1v) is 6.95. The molecule has 2 rings (SSSR count). The third-order valence-electron chi connectivity index (χ3n) is 3.81. The lowest BCUT2D eigenvalue weighted by molar-refractivity contribution is -0.133. The Hall–Kier alpha value is -1.42. The van der Waals surface area contributed by atoms with Crippen molar-refractivity contribution in [2.24, 2.45) is 0 Å². The van der Waals surface area contributed by atoms with Crippen LogP contribution in [0.15, 0.2) is 24.4 Å². The predicted octanol–water partition coefficient (Wildman–Crippen LogP) is 1.78. The Morgan fingerprint density at radius 1 is 1.42 bits per heavy atom. The van der Waals surface area contributed by atoms with Crippen molar-refractivity contribution in [1.82, 2.24) is 9.88 Å². The van der Waals surface area contributed by atoms with E-state index in [2.05, 4.69) is 4.98 Å². The minimum atomic E-state index is -0.657. The van der Waals surface area contributed by atoms with Gasteiger partial charge >= 0.3 is 0 Å². The molecule has 0 spiro atoms. The van der Waals surface area contributed by atoms with E-state index in [-0.39, 0.29) is 5.91 Å². The molecule has 4 nitrogen and oxygen atoms in total. The highest BCUT2D eigenvalue weighted by Crippen LogP contribution is 2.30. The number of rotatable bonds is 5. The molecule has 0 saturated heterocycles. The molecule has 1 heterocycles. The maximum atomic E-state index is 12.0. The van der Waals surface area contributed by atoms with Crippen LogP contribution >= 0.6 is 0 Å². The van der Waals surface area contributed by atoms with E-state index in [4.69, 9.17) is 0 Å². The SMILES string of the molecule is CN(CC1(O)CCCC1)C(=O)CCc1ccccn1. The zero-order chi connectivity index (χ0) is 13.7. The normalized spacial score (nSPS) is 17.4. The Bertz CT molecular complexity index is 413. The van der Waals surface area contributed by atoms with Gasteiger partial charge in [-0.05, 0) is 31.4 Å². The second-order valence-corrected chi connectivity index (χ2v) is 5.50. The summed E-state index contributed by atoms with van der Waals surface area (Å²) in [6.45, 7) is 0.452. The lowest BCUT2D eigenvalue weighted by atomic mass is 10.0. The van der Waals surface area contributed by atoms with Crippen LogP contribution in [0.4, 0.5) is 0 Å². The van der Waals surface area contributed by atoms with Crippen molar-refractivity contribution in [2.45, 2.75) is 44.1 Å². The molecular weight excluding hydrogens is 240 g/mol. The van der Waals surface area contributed by atoms with Crippen LogP contribution in [0.1, 0.15) is 37.8 Å². The summed E-state index contributed by atoms with van der Waals surface area (Å²) in [5.41, 5.74) is 0.277. The van der Waals surface area contributed by atoms with Crippen LogP contribution in [0.2, 0.25) is 0 Å². The molecule has 0 aromatic carbocycles. The predicted molar refractivity (Wildman–Crippen MR) is 73.6 cm³/mol. The van der Waals surface area contributed by atoms with Crippen molar-refractivity contribution in [1.29, 1.82) is 0 Å². The topological polar surface area (TPSA) is 53.4 Å². The molecule has 1 amide bonds. The molecule has 1 aromatic rings. The highest BCUT2D eigenvalue weighted by Gasteiger charge is 2.33. The largest absolute Gasteiger partial charge is 0.388 e. The average Bonchev–Trinajstić information content (AvgIpc) is 2.83. The lowest BCUT2D eigenvalue weighted by Crippen LogP contribution is -2.42. The molecule has 0 bridgehead atoms. The molecule has 0 atom stereocenters. The molecule has 0 radical (unpaired) electrons. The highest BCUT2D eigenvalue weighted by molar-refractivity contribution is 5.76. The van der Waals surface area contributed by atoms with E-state index in [1.165, 1.54) is 0 Å². The average molecular weight is 262 g/mol. The quantitative estimate of drug-likeness (QED) is 0.880. The smallest absolute Gasteiger partial charge is 0.222 e. The minimum absolute atomic E-state index is 0.0750. The van der Waals surface area contributed by atoms with Gasteiger partial charge in [-0.15, -0.1) is 0 Å². The van der Waals surface area contributed by atoms with Crippen molar-refractivity contribution >= 4 is 5.91 Å². The van der Waals surface area contributed by atoms with E-state index in [9.17, 15) is 9.90 Å². The zero-order valence-electron chi connectivity index (χ0n) is 11.5. The molecular formula is C15H22N2O2. The van der Waals surface area contributed by atoms with Gasteiger partial charge in [-0.25, -0.2) is 0 Å². The van der Waals surface area contributed by atoms with Crippen LogP contribution in [-0.4, -0.2) is 40.1 Å². The molecule has 1 aliphatic carbocycles. The van der Waals surface area contributed by atoms with E-state index in [1.807, 2.05) is 18.2 Å². The van der Waals surface area contributed by atoms with Crippen molar-refractivity contribution < 1.29 is 9.90 Å². The maximum absolute atomic E-state index is 12.0. The minimum Gasteiger partial charge on any atom is -0.388 e. The Morgan fingerprint density at radius 2 is 2.16 bits per heavy atom. The fraction of sp³-hybridized carbons (Fsp3) is 0.600. The summed E-state index contributed by atoms with van der Waals surface area (Å²) >= 11 is 0. The van der Waals surface area contributed by atoms with E-state index < -0.39 is 5.60 Å². The standard InChI is InChI=1S/C15H22N2O2/c1-17(12-15(19)9-3-4-10-15)14(18)8-7-13-6-2-5-11-16-13/h2,5-6,11,19H,3-4,7-10,12H2,1H3. The monoisotopic (exact) mass is 262 g/mol. The summed E-state index contributed by atoms with van der Waals surface area (Å²) in [6, 6.07) is 5.72. The summed E-state index contributed by atoms with van der Waals surface area (Å²) < 4.78 is 0. The van der Waals surface area contributed by atoms with Crippen LogP contribution in [-0.2, 0) is 11.2 Å². The zero-order valence-corrected chi connectivity index (χ0v) is 11.5. The number of aliphatic hydroxyl groups is 1. The summed E-state index contributed by atoms with van der Waals surface area (Å²) in [6.07, 6.45) is 6.59. The van der Waals surface area contributed by atoms with Crippen LogP contribution < -0.4 is 0 Å².